The van der Waals surface area contributed by atoms with Gasteiger partial charge in [-0.1, -0.05) is 30.9 Å². The molecule has 188 valence electrons. The Kier molecular flexibility index (Phi) is 10.1. The summed E-state index contributed by atoms with van der Waals surface area (Å²) in [7, 11) is 6.18. The van der Waals surface area contributed by atoms with Crippen molar-refractivity contribution in [1.29, 1.82) is 0 Å². The Labute approximate surface area is 213 Å². The largest absolute Gasteiger partial charge is 0.388 e. The molecule has 35 heavy (non-hydrogen) atoms. The summed E-state index contributed by atoms with van der Waals surface area (Å²) in [5.74, 6) is 0.601. The lowest BCUT2D eigenvalue weighted by Gasteiger charge is -2.27. The first-order valence-corrected chi connectivity index (χ1v) is 12.6. The standard InChI is InChI=1S/C19H20ClN5O.C8H17N/c1-13-16(9-15(20)10-17(13)21-2)19(26)24-11-18-23-7-8-25(18)12-14-3-5-22-6-4-14;1-9(2)8-6-4-3-5-7-8/h3-10,21H,11-12H2,1-2H3,(H,24,26);8H,3-7H2,1-2H3. The van der Waals surface area contributed by atoms with E-state index in [0.717, 1.165) is 28.7 Å². The Hall–Kier alpha value is -2.90. The minimum Gasteiger partial charge on any atom is -0.388 e. The van der Waals surface area contributed by atoms with Crippen LogP contribution >= 0.6 is 11.6 Å². The molecule has 0 saturated heterocycles. The average molecular weight is 497 g/mol. The van der Waals surface area contributed by atoms with Crippen LogP contribution in [0.15, 0.2) is 49.1 Å². The second-order valence-corrected chi connectivity index (χ2v) is 9.58. The number of imidazole rings is 1. The topological polar surface area (TPSA) is 75.1 Å². The van der Waals surface area contributed by atoms with Crippen LogP contribution in [0.4, 0.5) is 5.69 Å². The number of hydrogen-bond donors (Lipinski definition) is 2. The van der Waals surface area contributed by atoms with E-state index in [-0.39, 0.29) is 5.91 Å². The number of carbonyl (C=O) groups is 1. The molecule has 1 amide bonds. The first-order valence-electron chi connectivity index (χ1n) is 12.2. The summed E-state index contributed by atoms with van der Waals surface area (Å²) < 4.78 is 2.00. The van der Waals surface area contributed by atoms with Crippen molar-refractivity contribution >= 4 is 23.2 Å². The van der Waals surface area contributed by atoms with E-state index in [9.17, 15) is 4.79 Å². The van der Waals surface area contributed by atoms with Gasteiger partial charge in [-0.05, 0) is 69.3 Å². The number of hydrogen-bond acceptors (Lipinski definition) is 5. The van der Waals surface area contributed by atoms with Crippen molar-refractivity contribution in [2.24, 2.45) is 0 Å². The minimum atomic E-state index is -0.181. The van der Waals surface area contributed by atoms with E-state index in [1.165, 1.54) is 32.1 Å². The SMILES string of the molecule is CN(C)C1CCCCC1.CNc1cc(Cl)cc(C(=O)NCc2nccn2Cc2ccncc2)c1C. The highest BCUT2D eigenvalue weighted by atomic mass is 35.5. The summed E-state index contributed by atoms with van der Waals surface area (Å²) in [5.41, 5.74) is 3.36. The normalized spacial score (nSPS) is 13.8. The predicted octanol–water partition coefficient (Wildman–Crippen LogP) is 5.14. The van der Waals surface area contributed by atoms with Gasteiger partial charge in [-0.3, -0.25) is 9.78 Å². The zero-order valence-electron chi connectivity index (χ0n) is 21.2. The maximum Gasteiger partial charge on any atom is 0.252 e. The molecule has 2 heterocycles. The molecule has 0 unspecified atom stereocenters. The molecule has 0 spiro atoms. The van der Waals surface area contributed by atoms with Crippen molar-refractivity contribution in [3.8, 4) is 0 Å². The third kappa shape index (κ3) is 7.80. The van der Waals surface area contributed by atoms with Crippen molar-refractivity contribution < 1.29 is 4.79 Å². The Morgan fingerprint density at radius 1 is 1.14 bits per heavy atom. The smallest absolute Gasteiger partial charge is 0.252 e. The lowest BCUT2D eigenvalue weighted by molar-refractivity contribution is 0.0949. The van der Waals surface area contributed by atoms with Crippen molar-refractivity contribution in [2.75, 3.05) is 26.5 Å². The third-order valence-electron chi connectivity index (χ3n) is 6.50. The molecule has 2 aromatic heterocycles. The maximum absolute atomic E-state index is 12.6. The lowest BCUT2D eigenvalue weighted by Crippen LogP contribution is -2.29. The molecule has 1 saturated carbocycles. The van der Waals surface area contributed by atoms with Crippen LogP contribution in [0, 0.1) is 6.92 Å². The molecule has 2 N–H and O–H groups in total. The van der Waals surface area contributed by atoms with E-state index in [2.05, 4.69) is 39.6 Å². The molecule has 1 aromatic carbocycles. The van der Waals surface area contributed by atoms with E-state index in [4.69, 9.17) is 11.6 Å². The quantitative estimate of drug-likeness (QED) is 0.473. The monoisotopic (exact) mass is 496 g/mol. The zero-order valence-corrected chi connectivity index (χ0v) is 22.0. The van der Waals surface area contributed by atoms with Crippen molar-refractivity contribution in [2.45, 2.75) is 58.2 Å². The number of pyridine rings is 1. The van der Waals surface area contributed by atoms with Crippen LogP contribution in [0.1, 0.15) is 59.4 Å². The summed E-state index contributed by atoms with van der Waals surface area (Å²) in [6.07, 6.45) is 14.3. The summed E-state index contributed by atoms with van der Waals surface area (Å²) in [6, 6.07) is 8.28. The van der Waals surface area contributed by atoms with E-state index >= 15 is 0 Å². The summed E-state index contributed by atoms with van der Waals surface area (Å²) in [4.78, 5) is 23.3. The summed E-state index contributed by atoms with van der Waals surface area (Å²) >= 11 is 6.12. The highest BCUT2D eigenvalue weighted by Gasteiger charge is 2.15. The number of anilines is 1. The van der Waals surface area contributed by atoms with Gasteiger partial charge in [0.05, 0.1) is 6.54 Å². The van der Waals surface area contributed by atoms with Gasteiger partial charge in [0.1, 0.15) is 5.82 Å². The Morgan fingerprint density at radius 3 is 2.49 bits per heavy atom. The predicted molar refractivity (Wildman–Crippen MR) is 143 cm³/mol. The van der Waals surface area contributed by atoms with Gasteiger partial charge >= 0.3 is 0 Å². The molecule has 0 bridgehead atoms. The number of nitrogens with zero attached hydrogens (tertiary/aromatic N) is 4. The van der Waals surface area contributed by atoms with Crippen LogP contribution < -0.4 is 10.6 Å². The fraction of sp³-hybridized carbons (Fsp3) is 0.444. The first-order chi connectivity index (χ1) is 16.9. The van der Waals surface area contributed by atoms with Gasteiger partial charge in [-0.15, -0.1) is 0 Å². The fourth-order valence-corrected chi connectivity index (χ4v) is 4.58. The maximum atomic E-state index is 12.6. The Balaban J connectivity index is 0.000000320. The van der Waals surface area contributed by atoms with Crippen LogP contribution in [0.3, 0.4) is 0 Å². The molecular weight excluding hydrogens is 460 g/mol. The lowest BCUT2D eigenvalue weighted by atomic mass is 9.95. The van der Waals surface area contributed by atoms with Crippen molar-refractivity contribution in [1.82, 2.24) is 24.8 Å². The molecule has 1 fully saturated rings. The molecule has 1 aliphatic carbocycles. The third-order valence-corrected chi connectivity index (χ3v) is 6.72. The second-order valence-electron chi connectivity index (χ2n) is 9.14. The fourth-order valence-electron chi connectivity index (χ4n) is 4.36. The molecule has 0 atom stereocenters. The highest BCUT2D eigenvalue weighted by molar-refractivity contribution is 6.31. The Bertz CT molecular complexity index is 1080. The number of halogens is 1. The van der Waals surface area contributed by atoms with Gasteiger partial charge in [0.15, 0.2) is 0 Å². The average Bonchev–Trinajstić information content (AvgIpc) is 3.32. The van der Waals surface area contributed by atoms with Crippen LogP contribution in [0.25, 0.3) is 0 Å². The van der Waals surface area contributed by atoms with E-state index < -0.39 is 0 Å². The van der Waals surface area contributed by atoms with Crippen LogP contribution in [-0.2, 0) is 13.1 Å². The van der Waals surface area contributed by atoms with Crippen molar-refractivity contribution in [3.63, 3.8) is 0 Å². The van der Waals surface area contributed by atoms with Crippen LogP contribution in [0.2, 0.25) is 5.02 Å². The highest BCUT2D eigenvalue weighted by Crippen LogP contribution is 2.24. The van der Waals surface area contributed by atoms with Crippen LogP contribution in [0.5, 0.6) is 0 Å². The van der Waals surface area contributed by atoms with E-state index in [1.54, 1.807) is 37.8 Å². The summed E-state index contributed by atoms with van der Waals surface area (Å²) in [6.45, 7) is 2.90. The Morgan fingerprint density at radius 2 is 1.86 bits per heavy atom. The molecule has 1 aliphatic rings. The molecular formula is C27H37ClN6O. The number of nitrogens with one attached hydrogen (secondary N) is 2. The zero-order chi connectivity index (χ0) is 25.2. The number of benzene rings is 1. The minimum absolute atomic E-state index is 0.181. The summed E-state index contributed by atoms with van der Waals surface area (Å²) in [5, 5.41) is 6.50. The van der Waals surface area contributed by atoms with Crippen LogP contribution in [-0.4, -0.2) is 52.5 Å². The van der Waals surface area contributed by atoms with E-state index in [1.807, 2.05) is 29.8 Å². The number of amides is 1. The number of carbonyl (C=O) groups excluding carboxylic acids is 1. The van der Waals surface area contributed by atoms with Gasteiger partial charge in [0.2, 0.25) is 0 Å². The van der Waals surface area contributed by atoms with Gasteiger partial charge in [0, 0.05) is 60.7 Å². The van der Waals surface area contributed by atoms with Gasteiger partial charge in [-0.25, -0.2) is 4.98 Å². The van der Waals surface area contributed by atoms with E-state index in [0.29, 0.717) is 23.7 Å². The molecule has 0 radical (unpaired) electrons. The molecule has 8 heteroatoms. The molecule has 0 aliphatic heterocycles. The van der Waals surface area contributed by atoms with Crippen molar-refractivity contribution in [3.05, 3.63) is 76.6 Å². The number of aromatic nitrogens is 3. The first kappa shape index (κ1) is 26.7. The van der Waals surface area contributed by atoms with Gasteiger partial charge < -0.3 is 20.1 Å². The number of rotatable bonds is 7. The molecule has 3 aromatic rings. The molecule has 4 rings (SSSR count). The second kappa shape index (κ2) is 13.3. The van der Waals surface area contributed by atoms with Gasteiger partial charge in [-0.2, -0.15) is 0 Å². The molecule has 7 nitrogen and oxygen atoms in total. The van der Waals surface area contributed by atoms with Gasteiger partial charge in [0.25, 0.3) is 5.91 Å².